The Bertz CT molecular complexity index is 360. The fourth-order valence-corrected chi connectivity index (χ4v) is 3.76. The van der Waals surface area contributed by atoms with Crippen LogP contribution in [-0.4, -0.2) is 20.1 Å². The van der Waals surface area contributed by atoms with Gasteiger partial charge in [0, 0.05) is 17.9 Å². The van der Waals surface area contributed by atoms with Gasteiger partial charge in [-0.1, -0.05) is 30.3 Å². The lowest BCUT2D eigenvalue weighted by molar-refractivity contribution is 0.381. The average molecular weight is 251 g/mol. The first kappa shape index (κ1) is 12.9. The second-order valence-electron chi connectivity index (χ2n) is 5.57. The second kappa shape index (κ2) is 5.01. The molecule has 2 rings (SSSR count). The molecule has 2 nitrogen and oxygen atoms in total. The van der Waals surface area contributed by atoms with Crippen LogP contribution in [0.2, 0.25) is 0 Å². The van der Waals surface area contributed by atoms with Gasteiger partial charge in [-0.15, -0.1) is 4.31 Å². The topological polar surface area (TPSA) is 26.3 Å². The molecular formula is C14H21NOS. The van der Waals surface area contributed by atoms with E-state index in [0.29, 0.717) is 6.04 Å². The molecule has 1 aromatic carbocycles. The highest BCUT2D eigenvalue weighted by Gasteiger charge is 2.40. The summed E-state index contributed by atoms with van der Waals surface area (Å²) in [5.74, 6) is 0. The van der Waals surface area contributed by atoms with Gasteiger partial charge in [-0.2, -0.15) is 0 Å². The standard InChI is InChI=1S/C14H21NOS/c1-14(2,3)17(16)15-11-7-10-13(15)12-8-5-4-6-9-12/h4-6,8-9,13H,7,10-11H2,1-3H3/t13-,17-/m0/s1. The van der Waals surface area contributed by atoms with Gasteiger partial charge in [0.1, 0.15) is 4.75 Å². The largest absolute Gasteiger partial charge is 0.597 e. The maximum atomic E-state index is 12.5. The minimum Gasteiger partial charge on any atom is -0.597 e. The van der Waals surface area contributed by atoms with Crippen LogP contribution in [0.25, 0.3) is 0 Å². The van der Waals surface area contributed by atoms with Crippen LogP contribution in [-0.2, 0) is 11.4 Å². The molecule has 94 valence electrons. The van der Waals surface area contributed by atoms with Gasteiger partial charge < -0.3 is 4.55 Å². The van der Waals surface area contributed by atoms with E-state index in [4.69, 9.17) is 0 Å². The molecule has 17 heavy (non-hydrogen) atoms. The van der Waals surface area contributed by atoms with Gasteiger partial charge in [0.05, 0.1) is 6.04 Å². The van der Waals surface area contributed by atoms with Gasteiger partial charge in [0.25, 0.3) is 0 Å². The Morgan fingerprint density at radius 3 is 2.47 bits per heavy atom. The molecule has 0 spiro atoms. The molecule has 0 N–H and O–H groups in total. The van der Waals surface area contributed by atoms with Gasteiger partial charge in [-0.3, -0.25) is 0 Å². The quantitative estimate of drug-likeness (QED) is 0.754. The lowest BCUT2D eigenvalue weighted by atomic mass is 10.1. The lowest BCUT2D eigenvalue weighted by Gasteiger charge is -2.33. The fourth-order valence-electron chi connectivity index (χ4n) is 2.30. The van der Waals surface area contributed by atoms with Crippen LogP contribution >= 0.6 is 0 Å². The highest BCUT2D eigenvalue weighted by atomic mass is 32.2. The lowest BCUT2D eigenvalue weighted by Crippen LogP contribution is -2.42. The van der Waals surface area contributed by atoms with Crippen LogP contribution in [0.3, 0.4) is 0 Å². The summed E-state index contributed by atoms with van der Waals surface area (Å²) in [6.07, 6.45) is 2.26. The van der Waals surface area contributed by atoms with E-state index in [2.05, 4.69) is 28.6 Å². The first-order chi connectivity index (χ1) is 8.00. The maximum absolute atomic E-state index is 12.5. The van der Waals surface area contributed by atoms with Crippen molar-refractivity contribution in [2.45, 2.75) is 44.4 Å². The summed E-state index contributed by atoms with van der Waals surface area (Å²) in [7, 11) is 0. The summed E-state index contributed by atoms with van der Waals surface area (Å²) < 4.78 is 14.5. The van der Waals surface area contributed by atoms with Crippen molar-refractivity contribution in [3.05, 3.63) is 35.9 Å². The summed E-state index contributed by atoms with van der Waals surface area (Å²) in [5, 5.41) is 0. The van der Waals surface area contributed by atoms with Crippen molar-refractivity contribution in [3.63, 3.8) is 0 Å². The average Bonchev–Trinajstić information content (AvgIpc) is 2.76. The normalized spacial score (nSPS) is 23.9. The molecule has 1 fully saturated rings. The zero-order chi connectivity index (χ0) is 12.5. The maximum Gasteiger partial charge on any atom is 0.137 e. The van der Waals surface area contributed by atoms with Crippen LogP contribution in [0, 0.1) is 0 Å². The smallest absolute Gasteiger partial charge is 0.137 e. The minimum atomic E-state index is -0.910. The molecule has 1 aromatic rings. The minimum absolute atomic E-state index is 0.169. The summed E-state index contributed by atoms with van der Waals surface area (Å²) in [6, 6.07) is 10.8. The Kier molecular flexibility index (Phi) is 3.81. The van der Waals surface area contributed by atoms with E-state index in [-0.39, 0.29) is 4.75 Å². The monoisotopic (exact) mass is 251 g/mol. The van der Waals surface area contributed by atoms with Crippen molar-refractivity contribution in [1.82, 2.24) is 4.31 Å². The highest BCUT2D eigenvalue weighted by molar-refractivity contribution is 7.90. The Labute approximate surface area is 107 Å². The molecule has 0 saturated carbocycles. The first-order valence-electron chi connectivity index (χ1n) is 6.24. The molecule has 0 amide bonds. The molecule has 0 aliphatic carbocycles. The molecule has 0 aromatic heterocycles. The van der Waals surface area contributed by atoms with E-state index in [1.807, 2.05) is 26.8 Å². The van der Waals surface area contributed by atoms with Crippen molar-refractivity contribution in [3.8, 4) is 0 Å². The van der Waals surface area contributed by atoms with Crippen LogP contribution < -0.4 is 0 Å². The Morgan fingerprint density at radius 1 is 1.24 bits per heavy atom. The van der Waals surface area contributed by atoms with Crippen molar-refractivity contribution >= 4 is 11.4 Å². The number of hydrogen-bond donors (Lipinski definition) is 0. The number of benzene rings is 1. The molecule has 1 aliphatic rings. The van der Waals surface area contributed by atoms with Crippen molar-refractivity contribution in [1.29, 1.82) is 0 Å². The highest BCUT2D eigenvalue weighted by Crippen LogP contribution is 2.37. The summed E-state index contributed by atoms with van der Waals surface area (Å²) in [5.41, 5.74) is 1.29. The number of nitrogens with zero attached hydrogens (tertiary/aromatic N) is 1. The van der Waals surface area contributed by atoms with Gasteiger partial charge >= 0.3 is 0 Å². The van der Waals surface area contributed by atoms with Gasteiger partial charge in [0.2, 0.25) is 0 Å². The first-order valence-corrected chi connectivity index (χ1v) is 7.34. The number of rotatable bonds is 2. The molecule has 2 atom stereocenters. The third-order valence-electron chi connectivity index (χ3n) is 3.12. The summed E-state index contributed by atoms with van der Waals surface area (Å²) in [4.78, 5) is 0. The zero-order valence-electron chi connectivity index (χ0n) is 10.8. The molecular weight excluding hydrogens is 230 g/mol. The Hall–Kier alpha value is -0.510. The van der Waals surface area contributed by atoms with Crippen molar-refractivity contribution in [2.75, 3.05) is 6.54 Å². The molecule has 1 aliphatic heterocycles. The van der Waals surface area contributed by atoms with Gasteiger partial charge in [0.15, 0.2) is 0 Å². The van der Waals surface area contributed by atoms with Gasteiger partial charge in [-0.05, 0) is 39.2 Å². The van der Waals surface area contributed by atoms with E-state index in [1.165, 1.54) is 5.56 Å². The van der Waals surface area contributed by atoms with Crippen LogP contribution in [0.4, 0.5) is 0 Å². The third kappa shape index (κ3) is 2.84. The number of hydrogen-bond acceptors (Lipinski definition) is 2. The molecule has 1 saturated heterocycles. The molecule has 0 bridgehead atoms. The SMILES string of the molecule is CC(C)(C)[S@+]([O-])N1CCC[C@H]1c1ccccc1. The van der Waals surface area contributed by atoms with Crippen LogP contribution in [0.1, 0.15) is 45.2 Å². The fraction of sp³-hybridized carbons (Fsp3) is 0.571. The predicted octanol–water partition coefficient (Wildman–Crippen LogP) is 3.29. The molecule has 1 heterocycles. The Morgan fingerprint density at radius 2 is 1.88 bits per heavy atom. The van der Waals surface area contributed by atoms with Crippen LogP contribution in [0.5, 0.6) is 0 Å². The second-order valence-corrected chi connectivity index (χ2v) is 7.76. The molecule has 0 radical (unpaired) electrons. The third-order valence-corrected chi connectivity index (χ3v) is 5.04. The van der Waals surface area contributed by atoms with Crippen molar-refractivity contribution < 1.29 is 4.55 Å². The zero-order valence-corrected chi connectivity index (χ0v) is 11.7. The van der Waals surface area contributed by atoms with E-state index in [0.717, 1.165) is 19.4 Å². The van der Waals surface area contributed by atoms with Crippen molar-refractivity contribution in [2.24, 2.45) is 0 Å². The van der Waals surface area contributed by atoms with E-state index in [9.17, 15) is 4.55 Å². The van der Waals surface area contributed by atoms with Crippen LogP contribution in [0.15, 0.2) is 30.3 Å². The molecule has 0 unspecified atom stereocenters. The summed E-state index contributed by atoms with van der Waals surface area (Å²) in [6.45, 7) is 7.08. The molecule has 3 heteroatoms. The summed E-state index contributed by atoms with van der Waals surface area (Å²) >= 11 is -0.910. The van der Waals surface area contributed by atoms with E-state index < -0.39 is 11.4 Å². The predicted molar refractivity (Wildman–Crippen MR) is 73.0 cm³/mol. The van der Waals surface area contributed by atoms with E-state index in [1.54, 1.807) is 0 Å². The van der Waals surface area contributed by atoms with E-state index >= 15 is 0 Å². The van der Waals surface area contributed by atoms with Gasteiger partial charge in [-0.25, -0.2) is 0 Å². The Balaban J connectivity index is 2.19.